The van der Waals surface area contributed by atoms with Crippen LogP contribution in [0.25, 0.3) is 0 Å². The molecule has 2 aromatic rings. The van der Waals surface area contributed by atoms with Crippen molar-refractivity contribution in [2.24, 2.45) is 0 Å². The molecule has 98 valence electrons. The van der Waals surface area contributed by atoms with Crippen LogP contribution in [-0.4, -0.2) is 22.3 Å². The summed E-state index contributed by atoms with van der Waals surface area (Å²) in [5.74, 6) is 0.434. The fourth-order valence-electron chi connectivity index (χ4n) is 2.10. The Hall–Kier alpha value is -2.30. The number of carbonyl (C=O) groups is 1. The number of aromatic nitrogens is 2. The molecular weight excluding hydrogens is 242 g/mol. The van der Waals surface area contributed by atoms with E-state index in [9.17, 15) is 4.79 Å². The third-order valence-corrected chi connectivity index (χ3v) is 3.08. The van der Waals surface area contributed by atoms with Crippen LogP contribution < -0.4 is 10.1 Å². The number of aryl methyl sites for hydroxylation is 1. The number of fused-ring (bicyclic) bond motifs is 1. The van der Waals surface area contributed by atoms with Gasteiger partial charge in [-0.25, -0.2) is 4.68 Å². The van der Waals surface area contributed by atoms with Gasteiger partial charge in [0.15, 0.2) is 0 Å². The summed E-state index contributed by atoms with van der Waals surface area (Å²) in [6.07, 6.45) is 2.50. The van der Waals surface area contributed by atoms with E-state index < -0.39 is 0 Å². The number of amides is 1. The van der Waals surface area contributed by atoms with E-state index >= 15 is 0 Å². The maximum absolute atomic E-state index is 12.1. The van der Waals surface area contributed by atoms with E-state index in [4.69, 9.17) is 4.74 Å². The van der Waals surface area contributed by atoms with Gasteiger partial charge in [0.25, 0.3) is 5.91 Å². The SMILES string of the molecule is O=C(NCc1ccccc1)c1cnn2c1OCCC2. The quantitative estimate of drug-likeness (QED) is 0.908. The summed E-state index contributed by atoms with van der Waals surface area (Å²) in [5.41, 5.74) is 1.58. The number of carbonyl (C=O) groups excluding carboxylic acids is 1. The van der Waals surface area contributed by atoms with Crippen LogP contribution in [0.2, 0.25) is 0 Å². The first-order valence-electron chi connectivity index (χ1n) is 6.35. The van der Waals surface area contributed by atoms with Gasteiger partial charge in [-0.1, -0.05) is 30.3 Å². The van der Waals surface area contributed by atoms with Crippen LogP contribution in [0.5, 0.6) is 5.88 Å². The number of nitrogens with zero attached hydrogens (tertiary/aromatic N) is 2. The Morgan fingerprint density at radius 2 is 2.21 bits per heavy atom. The van der Waals surface area contributed by atoms with Crippen molar-refractivity contribution in [1.82, 2.24) is 15.1 Å². The molecule has 1 aromatic carbocycles. The molecule has 0 unspecified atom stereocenters. The largest absolute Gasteiger partial charge is 0.477 e. The van der Waals surface area contributed by atoms with Crippen molar-refractivity contribution in [2.75, 3.05) is 6.61 Å². The highest BCUT2D eigenvalue weighted by molar-refractivity contribution is 5.96. The van der Waals surface area contributed by atoms with Gasteiger partial charge in [-0.05, 0) is 5.56 Å². The predicted molar refractivity (Wildman–Crippen MR) is 70.0 cm³/mol. The molecule has 5 nitrogen and oxygen atoms in total. The molecule has 1 aliphatic rings. The van der Waals surface area contributed by atoms with E-state index in [-0.39, 0.29) is 5.91 Å². The number of benzene rings is 1. The van der Waals surface area contributed by atoms with Gasteiger partial charge in [0.05, 0.1) is 12.8 Å². The minimum atomic E-state index is -0.146. The Balaban J connectivity index is 1.69. The smallest absolute Gasteiger partial charge is 0.258 e. The second kappa shape index (κ2) is 5.14. The third kappa shape index (κ3) is 2.45. The van der Waals surface area contributed by atoms with E-state index in [0.29, 0.717) is 24.6 Å². The van der Waals surface area contributed by atoms with Gasteiger partial charge in [-0.2, -0.15) is 5.10 Å². The molecule has 0 radical (unpaired) electrons. The van der Waals surface area contributed by atoms with Crippen molar-refractivity contribution in [3.63, 3.8) is 0 Å². The lowest BCUT2D eigenvalue weighted by Crippen LogP contribution is -2.24. The van der Waals surface area contributed by atoms with Gasteiger partial charge in [-0.3, -0.25) is 4.79 Å². The number of hydrogen-bond donors (Lipinski definition) is 1. The molecule has 0 spiro atoms. The van der Waals surface area contributed by atoms with Crippen molar-refractivity contribution in [2.45, 2.75) is 19.5 Å². The standard InChI is InChI=1S/C14H15N3O2/c18-13(15-9-11-5-2-1-3-6-11)12-10-16-17-7-4-8-19-14(12)17/h1-3,5-6,10H,4,7-9H2,(H,15,18). The van der Waals surface area contributed by atoms with Crippen molar-refractivity contribution in [1.29, 1.82) is 0 Å². The monoisotopic (exact) mass is 257 g/mol. The zero-order chi connectivity index (χ0) is 13.1. The van der Waals surface area contributed by atoms with Crippen LogP contribution in [0.1, 0.15) is 22.3 Å². The summed E-state index contributed by atoms with van der Waals surface area (Å²) in [6, 6.07) is 9.81. The summed E-state index contributed by atoms with van der Waals surface area (Å²) < 4.78 is 7.24. The lowest BCUT2D eigenvalue weighted by atomic mass is 10.2. The average molecular weight is 257 g/mol. The van der Waals surface area contributed by atoms with Gasteiger partial charge in [0, 0.05) is 19.5 Å². The van der Waals surface area contributed by atoms with E-state index in [2.05, 4.69) is 10.4 Å². The molecule has 1 N–H and O–H groups in total. The highest BCUT2D eigenvalue weighted by atomic mass is 16.5. The summed E-state index contributed by atoms with van der Waals surface area (Å²) in [4.78, 5) is 12.1. The second-order valence-electron chi connectivity index (χ2n) is 4.46. The van der Waals surface area contributed by atoms with Crippen molar-refractivity contribution in [3.8, 4) is 5.88 Å². The Kier molecular flexibility index (Phi) is 3.18. The van der Waals surface area contributed by atoms with E-state index in [1.807, 2.05) is 30.3 Å². The summed E-state index contributed by atoms with van der Waals surface area (Å²) in [7, 11) is 0. The predicted octanol–water partition coefficient (Wildman–Crippen LogP) is 1.60. The molecule has 3 rings (SSSR count). The first-order valence-corrected chi connectivity index (χ1v) is 6.35. The second-order valence-corrected chi connectivity index (χ2v) is 4.46. The number of ether oxygens (including phenoxy) is 1. The van der Waals surface area contributed by atoms with Gasteiger partial charge < -0.3 is 10.1 Å². The molecule has 0 saturated heterocycles. The van der Waals surface area contributed by atoms with E-state index in [1.54, 1.807) is 10.9 Å². The molecule has 0 fully saturated rings. The number of hydrogen-bond acceptors (Lipinski definition) is 3. The van der Waals surface area contributed by atoms with E-state index in [1.165, 1.54) is 0 Å². The Labute approximate surface area is 111 Å². The van der Waals surface area contributed by atoms with Crippen molar-refractivity contribution in [3.05, 3.63) is 47.7 Å². The Morgan fingerprint density at radius 3 is 3.05 bits per heavy atom. The van der Waals surface area contributed by atoms with Crippen LogP contribution in [0.3, 0.4) is 0 Å². The third-order valence-electron chi connectivity index (χ3n) is 3.08. The fourth-order valence-corrected chi connectivity index (χ4v) is 2.10. The Morgan fingerprint density at radius 1 is 1.37 bits per heavy atom. The van der Waals surface area contributed by atoms with Gasteiger partial charge >= 0.3 is 0 Å². The molecule has 0 aliphatic carbocycles. The number of rotatable bonds is 3. The molecule has 0 bridgehead atoms. The molecule has 0 atom stereocenters. The van der Waals surface area contributed by atoms with Gasteiger partial charge in [0.2, 0.25) is 5.88 Å². The van der Waals surface area contributed by atoms with Crippen LogP contribution in [-0.2, 0) is 13.1 Å². The highest BCUT2D eigenvalue weighted by Gasteiger charge is 2.21. The van der Waals surface area contributed by atoms with Crippen LogP contribution in [0.15, 0.2) is 36.5 Å². The highest BCUT2D eigenvalue weighted by Crippen LogP contribution is 2.22. The lowest BCUT2D eigenvalue weighted by Gasteiger charge is -2.15. The minimum Gasteiger partial charge on any atom is -0.477 e. The maximum atomic E-state index is 12.1. The van der Waals surface area contributed by atoms with Crippen LogP contribution in [0, 0.1) is 0 Å². The molecule has 5 heteroatoms. The maximum Gasteiger partial charge on any atom is 0.258 e. The first-order chi connectivity index (χ1) is 9.34. The molecule has 1 amide bonds. The summed E-state index contributed by atoms with van der Waals surface area (Å²) in [6.45, 7) is 1.95. The van der Waals surface area contributed by atoms with Crippen molar-refractivity contribution < 1.29 is 9.53 Å². The molecule has 1 aromatic heterocycles. The molecule has 19 heavy (non-hydrogen) atoms. The van der Waals surface area contributed by atoms with Gasteiger partial charge in [0.1, 0.15) is 5.56 Å². The van der Waals surface area contributed by atoms with Crippen LogP contribution in [0.4, 0.5) is 0 Å². The first kappa shape index (κ1) is 11.8. The molecule has 2 heterocycles. The Bertz CT molecular complexity index is 578. The van der Waals surface area contributed by atoms with Crippen LogP contribution >= 0.6 is 0 Å². The summed E-state index contributed by atoms with van der Waals surface area (Å²) in [5, 5.41) is 7.04. The topological polar surface area (TPSA) is 56.2 Å². The van der Waals surface area contributed by atoms with Gasteiger partial charge in [-0.15, -0.1) is 0 Å². The molecule has 0 saturated carbocycles. The normalized spacial score (nSPS) is 13.5. The molecule has 1 aliphatic heterocycles. The average Bonchev–Trinajstić information content (AvgIpc) is 2.90. The molecular formula is C14H15N3O2. The number of nitrogens with one attached hydrogen (secondary N) is 1. The van der Waals surface area contributed by atoms with Crippen molar-refractivity contribution >= 4 is 5.91 Å². The minimum absolute atomic E-state index is 0.146. The lowest BCUT2D eigenvalue weighted by molar-refractivity contribution is 0.0944. The zero-order valence-electron chi connectivity index (χ0n) is 10.5. The van der Waals surface area contributed by atoms with E-state index in [0.717, 1.165) is 18.5 Å². The fraction of sp³-hybridized carbons (Fsp3) is 0.286. The summed E-state index contributed by atoms with van der Waals surface area (Å²) >= 11 is 0. The zero-order valence-corrected chi connectivity index (χ0v) is 10.5.